The van der Waals surface area contributed by atoms with E-state index in [0.717, 1.165) is 23.6 Å². The molecule has 0 radical (unpaired) electrons. The summed E-state index contributed by atoms with van der Waals surface area (Å²) in [5.74, 6) is 3.15. The molecule has 2 bridgehead atoms. The van der Waals surface area contributed by atoms with Gasteiger partial charge >= 0.3 is 0 Å². The maximum atomic E-state index is 3.94. The first-order chi connectivity index (χ1) is 7.83. The Morgan fingerprint density at radius 3 is 3.06 bits per heavy atom. The maximum Gasteiger partial charge on any atom is 0.188 e. The van der Waals surface area contributed by atoms with Crippen LogP contribution < -0.4 is 5.32 Å². The molecule has 2 N–H and O–H groups in total. The fourth-order valence-electron chi connectivity index (χ4n) is 3.06. The van der Waals surface area contributed by atoms with Gasteiger partial charge in [-0.15, -0.1) is 10.2 Å². The van der Waals surface area contributed by atoms with Crippen LogP contribution in [0.3, 0.4) is 0 Å². The molecule has 3 rings (SSSR count). The van der Waals surface area contributed by atoms with Crippen molar-refractivity contribution >= 4 is 0 Å². The smallest absolute Gasteiger partial charge is 0.188 e. The molecule has 2 aliphatic carbocycles. The van der Waals surface area contributed by atoms with Crippen molar-refractivity contribution in [1.82, 2.24) is 25.9 Å². The van der Waals surface area contributed by atoms with E-state index in [1.807, 2.05) is 0 Å². The number of allylic oxidation sites excluding steroid dienone is 2. The van der Waals surface area contributed by atoms with Gasteiger partial charge in [-0.3, -0.25) is 0 Å². The topological polar surface area (TPSA) is 66.5 Å². The van der Waals surface area contributed by atoms with Gasteiger partial charge in [0.15, 0.2) is 5.82 Å². The second kappa shape index (κ2) is 3.97. The molecular formula is C11H17N5. The standard InChI is InChI=1S/C11H17N5/c1-7(12-6-11-13-15-16-14-11)10-5-8-2-3-9(10)4-8/h2-3,7-10,12H,4-6H2,1H3,(H,13,14,15,16). The Kier molecular flexibility index (Phi) is 2.47. The Balaban J connectivity index is 1.54. The summed E-state index contributed by atoms with van der Waals surface area (Å²) >= 11 is 0. The summed E-state index contributed by atoms with van der Waals surface area (Å²) in [4.78, 5) is 0. The van der Waals surface area contributed by atoms with Gasteiger partial charge in [0.05, 0.1) is 6.54 Å². The van der Waals surface area contributed by atoms with E-state index in [0.29, 0.717) is 12.6 Å². The lowest BCUT2D eigenvalue weighted by Crippen LogP contribution is -2.35. The van der Waals surface area contributed by atoms with Crippen LogP contribution >= 0.6 is 0 Å². The van der Waals surface area contributed by atoms with Gasteiger partial charge in [0.2, 0.25) is 0 Å². The van der Waals surface area contributed by atoms with E-state index in [-0.39, 0.29) is 0 Å². The second-order valence-corrected chi connectivity index (χ2v) is 4.94. The lowest BCUT2D eigenvalue weighted by molar-refractivity contribution is 0.324. The van der Waals surface area contributed by atoms with Crippen molar-refractivity contribution in [2.45, 2.75) is 32.4 Å². The van der Waals surface area contributed by atoms with Crippen molar-refractivity contribution in [3.8, 4) is 0 Å². The Morgan fingerprint density at radius 1 is 1.50 bits per heavy atom. The zero-order valence-corrected chi connectivity index (χ0v) is 9.43. The molecule has 86 valence electrons. The van der Waals surface area contributed by atoms with Crippen molar-refractivity contribution in [3.05, 3.63) is 18.0 Å². The number of fused-ring (bicyclic) bond motifs is 2. The number of hydrogen-bond acceptors (Lipinski definition) is 4. The number of nitrogens with one attached hydrogen (secondary N) is 2. The first-order valence-electron chi connectivity index (χ1n) is 5.97. The van der Waals surface area contributed by atoms with Crippen LogP contribution in [0.4, 0.5) is 0 Å². The Bertz CT molecular complexity index is 372. The predicted octanol–water partition coefficient (Wildman–Crippen LogP) is 0.890. The van der Waals surface area contributed by atoms with Crippen LogP contribution in [-0.2, 0) is 6.54 Å². The molecule has 1 heterocycles. The zero-order valence-electron chi connectivity index (χ0n) is 9.43. The van der Waals surface area contributed by atoms with E-state index < -0.39 is 0 Å². The van der Waals surface area contributed by atoms with Gasteiger partial charge in [0.1, 0.15) is 0 Å². The van der Waals surface area contributed by atoms with Gasteiger partial charge < -0.3 is 5.32 Å². The number of aromatic amines is 1. The second-order valence-electron chi connectivity index (χ2n) is 4.94. The molecule has 1 fully saturated rings. The maximum absolute atomic E-state index is 3.94. The quantitative estimate of drug-likeness (QED) is 0.738. The van der Waals surface area contributed by atoms with Crippen molar-refractivity contribution in [2.75, 3.05) is 0 Å². The van der Waals surface area contributed by atoms with Crippen LogP contribution in [-0.4, -0.2) is 26.7 Å². The van der Waals surface area contributed by atoms with E-state index in [2.05, 4.69) is 45.0 Å². The lowest BCUT2D eigenvalue weighted by atomic mass is 9.87. The number of H-pyrrole nitrogens is 1. The Hall–Kier alpha value is -1.23. The molecule has 4 unspecified atom stereocenters. The summed E-state index contributed by atoms with van der Waals surface area (Å²) in [6.45, 7) is 2.97. The summed E-state index contributed by atoms with van der Waals surface area (Å²) in [6, 6.07) is 0.526. The molecule has 5 nitrogen and oxygen atoms in total. The van der Waals surface area contributed by atoms with Crippen molar-refractivity contribution < 1.29 is 0 Å². The van der Waals surface area contributed by atoms with Crippen LogP contribution in [0, 0.1) is 17.8 Å². The average molecular weight is 219 g/mol. The fourth-order valence-corrected chi connectivity index (χ4v) is 3.06. The molecule has 2 aliphatic rings. The van der Waals surface area contributed by atoms with Crippen LogP contribution in [0.15, 0.2) is 12.2 Å². The fraction of sp³-hybridized carbons (Fsp3) is 0.727. The zero-order chi connectivity index (χ0) is 11.0. The molecule has 0 aromatic carbocycles. The molecule has 1 aromatic rings. The minimum absolute atomic E-state index is 0.526. The highest BCUT2D eigenvalue weighted by atomic mass is 15.5. The van der Waals surface area contributed by atoms with E-state index in [4.69, 9.17) is 0 Å². The summed E-state index contributed by atoms with van der Waals surface area (Å²) in [5, 5.41) is 17.4. The molecule has 0 spiro atoms. The molecule has 4 atom stereocenters. The number of nitrogens with zero attached hydrogens (tertiary/aromatic N) is 3. The molecular weight excluding hydrogens is 202 g/mol. The van der Waals surface area contributed by atoms with Gasteiger partial charge in [-0.25, -0.2) is 0 Å². The molecule has 5 heteroatoms. The summed E-state index contributed by atoms with van der Waals surface area (Å²) in [6.07, 6.45) is 7.47. The highest BCUT2D eigenvalue weighted by Gasteiger charge is 2.38. The highest BCUT2D eigenvalue weighted by molar-refractivity contribution is 5.11. The van der Waals surface area contributed by atoms with Crippen molar-refractivity contribution in [1.29, 1.82) is 0 Å². The summed E-state index contributed by atoms with van der Waals surface area (Å²) < 4.78 is 0. The molecule has 16 heavy (non-hydrogen) atoms. The third-order valence-electron chi connectivity index (χ3n) is 3.94. The Morgan fingerprint density at radius 2 is 2.44 bits per heavy atom. The van der Waals surface area contributed by atoms with Gasteiger partial charge in [-0.1, -0.05) is 17.4 Å². The van der Waals surface area contributed by atoms with Gasteiger partial charge in [-0.2, -0.15) is 5.21 Å². The van der Waals surface area contributed by atoms with E-state index in [1.54, 1.807) is 0 Å². The third-order valence-corrected chi connectivity index (χ3v) is 3.94. The first kappa shape index (κ1) is 9.96. The molecule has 1 saturated carbocycles. The first-order valence-corrected chi connectivity index (χ1v) is 5.97. The monoisotopic (exact) mass is 219 g/mol. The van der Waals surface area contributed by atoms with E-state index in [9.17, 15) is 0 Å². The van der Waals surface area contributed by atoms with Crippen LogP contribution in [0.25, 0.3) is 0 Å². The van der Waals surface area contributed by atoms with Crippen LogP contribution in [0.5, 0.6) is 0 Å². The minimum Gasteiger partial charge on any atom is -0.307 e. The van der Waals surface area contributed by atoms with Gasteiger partial charge in [-0.05, 0) is 37.5 Å². The number of rotatable bonds is 4. The third kappa shape index (κ3) is 1.75. The molecule has 1 aromatic heterocycles. The highest BCUT2D eigenvalue weighted by Crippen LogP contribution is 2.44. The van der Waals surface area contributed by atoms with Crippen LogP contribution in [0.2, 0.25) is 0 Å². The van der Waals surface area contributed by atoms with Gasteiger partial charge in [0, 0.05) is 6.04 Å². The van der Waals surface area contributed by atoms with Crippen molar-refractivity contribution in [3.63, 3.8) is 0 Å². The molecule has 0 amide bonds. The van der Waals surface area contributed by atoms with E-state index >= 15 is 0 Å². The van der Waals surface area contributed by atoms with Gasteiger partial charge in [0.25, 0.3) is 0 Å². The Labute approximate surface area is 94.7 Å². The number of aromatic nitrogens is 4. The SMILES string of the molecule is CC(NCc1nn[nH]n1)C1CC2C=CC1C2. The molecule has 0 aliphatic heterocycles. The summed E-state index contributed by atoms with van der Waals surface area (Å²) in [5.41, 5.74) is 0. The summed E-state index contributed by atoms with van der Waals surface area (Å²) in [7, 11) is 0. The van der Waals surface area contributed by atoms with E-state index in [1.165, 1.54) is 12.8 Å². The van der Waals surface area contributed by atoms with Crippen LogP contribution in [0.1, 0.15) is 25.6 Å². The predicted molar refractivity (Wildman–Crippen MR) is 59.3 cm³/mol. The normalized spacial score (nSPS) is 33.4. The average Bonchev–Trinajstić information content (AvgIpc) is 3.01. The number of hydrogen-bond donors (Lipinski definition) is 2. The lowest BCUT2D eigenvalue weighted by Gasteiger charge is -2.25. The number of tetrazole rings is 1. The molecule has 0 saturated heterocycles. The van der Waals surface area contributed by atoms with Crippen molar-refractivity contribution in [2.24, 2.45) is 17.8 Å². The minimum atomic E-state index is 0.526. The largest absolute Gasteiger partial charge is 0.307 e.